The van der Waals surface area contributed by atoms with Crippen LogP contribution in [0.15, 0.2) is 74.8 Å². The van der Waals surface area contributed by atoms with Crippen molar-refractivity contribution in [2.75, 3.05) is 10.0 Å². The highest BCUT2D eigenvalue weighted by molar-refractivity contribution is 9.10. The molecule has 1 amide bonds. The first kappa shape index (κ1) is 21.0. The van der Waals surface area contributed by atoms with Gasteiger partial charge in [-0.2, -0.15) is 0 Å². The van der Waals surface area contributed by atoms with Gasteiger partial charge in [-0.15, -0.1) is 0 Å². The molecule has 158 valence electrons. The third-order valence-corrected chi connectivity index (χ3v) is 6.27. The van der Waals surface area contributed by atoms with Gasteiger partial charge in [-0.3, -0.25) is 4.79 Å². The van der Waals surface area contributed by atoms with E-state index in [2.05, 4.69) is 35.9 Å². The maximum Gasteiger partial charge on any atom is 0.264 e. The number of benzene rings is 2. The summed E-state index contributed by atoms with van der Waals surface area (Å²) in [7, 11) is -3.85. The molecule has 0 aliphatic rings. The Morgan fingerprint density at radius 2 is 1.90 bits per heavy atom. The van der Waals surface area contributed by atoms with Crippen LogP contribution in [0.4, 0.5) is 11.6 Å². The zero-order valence-electron chi connectivity index (χ0n) is 16.3. The minimum Gasteiger partial charge on any atom is -0.464 e. The molecule has 31 heavy (non-hydrogen) atoms. The molecule has 0 unspecified atom stereocenters. The Balaban J connectivity index is 1.44. The van der Waals surface area contributed by atoms with Crippen molar-refractivity contribution in [3.8, 4) is 0 Å². The first-order valence-corrected chi connectivity index (χ1v) is 11.5. The lowest BCUT2D eigenvalue weighted by Gasteiger charge is -2.09. The Morgan fingerprint density at radius 1 is 1.13 bits per heavy atom. The molecule has 2 aromatic carbocycles. The third-order valence-electron chi connectivity index (χ3n) is 4.44. The van der Waals surface area contributed by atoms with Crippen molar-refractivity contribution < 1.29 is 17.6 Å². The second-order valence-corrected chi connectivity index (χ2v) is 9.38. The van der Waals surface area contributed by atoms with Gasteiger partial charge in [0.25, 0.3) is 10.0 Å². The summed E-state index contributed by atoms with van der Waals surface area (Å²) in [6.45, 7) is 1.74. The van der Waals surface area contributed by atoms with Gasteiger partial charge in [0, 0.05) is 33.0 Å². The Hall–Kier alpha value is -3.24. The Kier molecular flexibility index (Phi) is 5.75. The van der Waals surface area contributed by atoms with Crippen LogP contribution >= 0.6 is 15.9 Å². The van der Waals surface area contributed by atoms with Crippen molar-refractivity contribution in [1.82, 2.24) is 9.97 Å². The fourth-order valence-electron chi connectivity index (χ4n) is 2.96. The molecule has 8 nitrogen and oxygen atoms in total. The molecule has 0 bridgehead atoms. The number of rotatable bonds is 6. The lowest BCUT2D eigenvalue weighted by Crippen LogP contribution is -2.16. The van der Waals surface area contributed by atoms with Crippen LogP contribution in [-0.2, 0) is 21.2 Å². The topological polar surface area (TPSA) is 114 Å². The van der Waals surface area contributed by atoms with Gasteiger partial charge in [-0.25, -0.2) is 23.1 Å². The second-order valence-electron chi connectivity index (χ2n) is 6.78. The molecule has 4 aromatic rings. The van der Waals surface area contributed by atoms with Crippen LogP contribution in [0.3, 0.4) is 0 Å². The number of aryl methyl sites for hydroxylation is 1. The predicted octanol–water partition coefficient (Wildman–Crippen LogP) is 4.28. The van der Waals surface area contributed by atoms with E-state index in [4.69, 9.17) is 4.42 Å². The van der Waals surface area contributed by atoms with Crippen LogP contribution in [0.2, 0.25) is 0 Å². The molecule has 0 spiro atoms. The van der Waals surface area contributed by atoms with Gasteiger partial charge in [-0.1, -0.05) is 15.9 Å². The van der Waals surface area contributed by atoms with E-state index in [9.17, 15) is 13.2 Å². The number of halogens is 1. The maximum atomic E-state index is 12.5. The maximum absolute atomic E-state index is 12.5. The molecular formula is C21H17BrN4O4S. The number of furan rings is 1. The van der Waals surface area contributed by atoms with Gasteiger partial charge >= 0.3 is 0 Å². The number of hydrogen-bond acceptors (Lipinski definition) is 6. The molecule has 10 heteroatoms. The fraction of sp³-hybridized carbons (Fsp3) is 0.0952. The van der Waals surface area contributed by atoms with Crippen molar-refractivity contribution in [3.05, 3.63) is 76.7 Å². The third kappa shape index (κ3) is 4.92. The van der Waals surface area contributed by atoms with Crippen molar-refractivity contribution in [2.45, 2.75) is 18.2 Å². The number of hydrogen-bond donors (Lipinski definition) is 2. The molecular weight excluding hydrogens is 484 g/mol. The van der Waals surface area contributed by atoms with Crippen molar-refractivity contribution >= 4 is 54.5 Å². The minimum absolute atomic E-state index is 0.00338. The molecule has 2 aromatic heterocycles. The number of carbonyl (C=O) groups excluding carboxylic acids is 1. The second kappa shape index (κ2) is 8.48. The average Bonchev–Trinajstić information content (AvgIpc) is 3.10. The largest absolute Gasteiger partial charge is 0.464 e. The molecule has 2 heterocycles. The van der Waals surface area contributed by atoms with E-state index in [1.165, 1.54) is 30.5 Å². The van der Waals surface area contributed by atoms with Gasteiger partial charge in [0.1, 0.15) is 5.58 Å². The number of nitrogens with zero attached hydrogens (tertiary/aromatic N) is 2. The van der Waals surface area contributed by atoms with Crippen molar-refractivity contribution in [2.24, 2.45) is 0 Å². The van der Waals surface area contributed by atoms with Gasteiger partial charge < -0.3 is 9.73 Å². The van der Waals surface area contributed by atoms with Crippen LogP contribution in [0, 0.1) is 6.92 Å². The SMILES string of the molecule is Cc1ccnc(NS(=O)(=O)c2ccc(NC(=O)Cc3coc4ccc(Br)cc34)cc2)n1. The highest BCUT2D eigenvalue weighted by Crippen LogP contribution is 2.25. The van der Waals surface area contributed by atoms with Crippen LogP contribution in [0.1, 0.15) is 11.3 Å². The lowest BCUT2D eigenvalue weighted by atomic mass is 10.1. The number of sulfonamides is 1. The first-order chi connectivity index (χ1) is 14.8. The molecule has 0 radical (unpaired) electrons. The number of fused-ring (bicyclic) bond motifs is 1. The molecule has 0 saturated carbocycles. The molecule has 0 fully saturated rings. The van der Waals surface area contributed by atoms with Gasteiger partial charge in [0.05, 0.1) is 17.6 Å². The normalized spacial score (nSPS) is 11.4. The van der Waals surface area contributed by atoms with E-state index in [1.807, 2.05) is 18.2 Å². The van der Waals surface area contributed by atoms with Gasteiger partial charge in [0.15, 0.2) is 0 Å². The summed E-state index contributed by atoms with van der Waals surface area (Å²) in [6, 6.07) is 13.1. The first-order valence-electron chi connectivity index (χ1n) is 9.18. The van der Waals surface area contributed by atoms with E-state index >= 15 is 0 Å². The molecule has 4 rings (SSSR count). The Labute approximate surface area is 186 Å². The zero-order valence-corrected chi connectivity index (χ0v) is 18.7. The summed E-state index contributed by atoms with van der Waals surface area (Å²) < 4.78 is 33.7. The summed E-state index contributed by atoms with van der Waals surface area (Å²) in [6.07, 6.45) is 3.15. The number of aromatic nitrogens is 2. The predicted molar refractivity (Wildman–Crippen MR) is 120 cm³/mol. The number of carbonyl (C=O) groups is 1. The van der Waals surface area contributed by atoms with E-state index < -0.39 is 10.0 Å². The fourth-order valence-corrected chi connectivity index (χ4v) is 4.28. The summed E-state index contributed by atoms with van der Waals surface area (Å²) in [5.41, 5.74) is 2.58. The monoisotopic (exact) mass is 500 g/mol. The number of amides is 1. The average molecular weight is 501 g/mol. The number of anilines is 2. The summed E-state index contributed by atoms with van der Waals surface area (Å²) in [4.78, 5) is 20.4. The summed E-state index contributed by atoms with van der Waals surface area (Å²) in [5, 5.41) is 3.62. The molecule has 0 saturated heterocycles. The highest BCUT2D eigenvalue weighted by atomic mass is 79.9. The minimum atomic E-state index is -3.85. The highest BCUT2D eigenvalue weighted by Gasteiger charge is 2.16. The molecule has 0 atom stereocenters. The van der Waals surface area contributed by atoms with E-state index in [0.29, 0.717) is 17.0 Å². The van der Waals surface area contributed by atoms with E-state index in [0.717, 1.165) is 15.4 Å². The molecule has 0 aliphatic heterocycles. The van der Waals surface area contributed by atoms with Crippen molar-refractivity contribution in [1.29, 1.82) is 0 Å². The standard InChI is InChI=1S/C21H17BrN4O4S/c1-13-8-9-23-21(24-13)26-31(28,29)17-5-3-16(4-6-17)25-20(27)10-14-12-30-19-7-2-15(22)11-18(14)19/h2-9,11-12H,10H2,1H3,(H,25,27)(H,23,24,26). The quantitative estimate of drug-likeness (QED) is 0.408. The lowest BCUT2D eigenvalue weighted by molar-refractivity contribution is -0.115. The van der Waals surface area contributed by atoms with Crippen LogP contribution in [0.25, 0.3) is 11.0 Å². The van der Waals surface area contributed by atoms with Gasteiger partial charge in [0.2, 0.25) is 11.9 Å². The van der Waals surface area contributed by atoms with Crippen LogP contribution in [0.5, 0.6) is 0 Å². The number of nitrogens with one attached hydrogen (secondary N) is 2. The summed E-state index contributed by atoms with van der Waals surface area (Å²) >= 11 is 3.41. The summed E-state index contributed by atoms with van der Waals surface area (Å²) in [5.74, 6) is -0.249. The van der Waals surface area contributed by atoms with E-state index in [-0.39, 0.29) is 23.2 Å². The van der Waals surface area contributed by atoms with Crippen molar-refractivity contribution in [3.63, 3.8) is 0 Å². The molecule has 2 N–H and O–H groups in total. The Morgan fingerprint density at radius 3 is 2.65 bits per heavy atom. The zero-order chi connectivity index (χ0) is 22.0. The van der Waals surface area contributed by atoms with Crippen LogP contribution in [-0.4, -0.2) is 24.3 Å². The smallest absolute Gasteiger partial charge is 0.264 e. The molecule has 0 aliphatic carbocycles. The Bertz CT molecular complexity index is 1370. The van der Waals surface area contributed by atoms with Crippen LogP contribution < -0.4 is 10.0 Å². The van der Waals surface area contributed by atoms with Gasteiger partial charge in [-0.05, 0) is 55.5 Å². The van der Waals surface area contributed by atoms with E-state index in [1.54, 1.807) is 19.3 Å².